The van der Waals surface area contributed by atoms with E-state index < -0.39 is 4.92 Å². The van der Waals surface area contributed by atoms with Gasteiger partial charge in [-0.1, -0.05) is 24.3 Å². The molecule has 0 atom stereocenters. The molecule has 136 valence electrons. The van der Waals surface area contributed by atoms with E-state index in [4.69, 9.17) is 0 Å². The van der Waals surface area contributed by atoms with Crippen LogP contribution in [0.4, 0.5) is 16.2 Å². The summed E-state index contributed by atoms with van der Waals surface area (Å²) in [5, 5.41) is 14.7. The minimum absolute atomic E-state index is 0.00252. The van der Waals surface area contributed by atoms with Gasteiger partial charge in [0.2, 0.25) is 0 Å². The Morgan fingerprint density at radius 3 is 2.63 bits per heavy atom. The first-order valence-electron chi connectivity index (χ1n) is 8.68. The number of urea groups is 1. The average molecular weight is 362 g/mol. The molecule has 2 heterocycles. The first kappa shape index (κ1) is 16.8. The zero-order chi connectivity index (χ0) is 18.8. The number of nitrogens with one attached hydrogen (secondary N) is 2. The van der Waals surface area contributed by atoms with E-state index in [2.05, 4.69) is 22.4 Å². The SMILES string of the molecule is O=C(Nc1ccc([N+](=O)[O-])cc1)N1CC=C(c2c[nH]c3ccccc23)CC1. The van der Waals surface area contributed by atoms with Gasteiger partial charge in [-0.3, -0.25) is 10.1 Å². The van der Waals surface area contributed by atoms with Crippen molar-refractivity contribution in [1.82, 2.24) is 9.88 Å². The predicted molar refractivity (Wildman–Crippen MR) is 105 cm³/mol. The first-order chi connectivity index (χ1) is 13.1. The molecule has 3 aromatic rings. The lowest BCUT2D eigenvalue weighted by Gasteiger charge is -2.26. The maximum atomic E-state index is 12.4. The van der Waals surface area contributed by atoms with Gasteiger partial charge in [0, 0.05) is 53.6 Å². The summed E-state index contributed by atoms with van der Waals surface area (Å²) < 4.78 is 0. The Balaban J connectivity index is 1.43. The molecule has 1 aliphatic rings. The van der Waals surface area contributed by atoms with Crippen molar-refractivity contribution in [2.45, 2.75) is 6.42 Å². The van der Waals surface area contributed by atoms with E-state index >= 15 is 0 Å². The van der Waals surface area contributed by atoms with Crippen molar-refractivity contribution in [2.24, 2.45) is 0 Å². The number of carbonyl (C=O) groups excluding carboxylic acids is 1. The summed E-state index contributed by atoms with van der Waals surface area (Å²) in [5.41, 5.74) is 4.05. The van der Waals surface area contributed by atoms with Crippen LogP contribution < -0.4 is 5.32 Å². The van der Waals surface area contributed by atoms with Gasteiger partial charge < -0.3 is 15.2 Å². The third-order valence-corrected chi connectivity index (χ3v) is 4.76. The highest BCUT2D eigenvalue weighted by Gasteiger charge is 2.19. The van der Waals surface area contributed by atoms with Gasteiger partial charge in [0.25, 0.3) is 5.69 Å². The summed E-state index contributed by atoms with van der Waals surface area (Å²) in [6, 6.07) is 13.8. The molecule has 1 aliphatic heterocycles. The molecule has 1 aromatic heterocycles. The molecule has 7 heteroatoms. The molecule has 0 radical (unpaired) electrons. The van der Waals surface area contributed by atoms with Gasteiger partial charge in [0.1, 0.15) is 0 Å². The number of rotatable bonds is 3. The van der Waals surface area contributed by atoms with Crippen LogP contribution >= 0.6 is 0 Å². The third-order valence-electron chi connectivity index (χ3n) is 4.76. The number of nitro benzene ring substituents is 1. The monoisotopic (exact) mass is 362 g/mol. The van der Waals surface area contributed by atoms with Gasteiger partial charge in [0.05, 0.1) is 4.92 Å². The van der Waals surface area contributed by atoms with Crippen LogP contribution in [0.25, 0.3) is 16.5 Å². The summed E-state index contributed by atoms with van der Waals surface area (Å²) in [6.45, 7) is 1.14. The fourth-order valence-electron chi connectivity index (χ4n) is 3.30. The number of carbonyl (C=O) groups is 1. The molecule has 0 unspecified atom stereocenters. The lowest BCUT2D eigenvalue weighted by molar-refractivity contribution is -0.384. The van der Waals surface area contributed by atoms with Crippen molar-refractivity contribution in [2.75, 3.05) is 18.4 Å². The van der Waals surface area contributed by atoms with Crippen molar-refractivity contribution in [3.05, 3.63) is 76.5 Å². The van der Waals surface area contributed by atoms with Crippen LogP contribution in [-0.4, -0.2) is 33.9 Å². The smallest absolute Gasteiger partial charge is 0.322 e. The van der Waals surface area contributed by atoms with E-state index in [0.717, 1.165) is 11.9 Å². The van der Waals surface area contributed by atoms with Crippen molar-refractivity contribution in [3.8, 4) is 0 Å². The number of anilines is 1. The number of nitrogens with zero attached hydrogens (tertiary/aromatic N) is 2. The number of non-ortho nitro benzene ring substituents is 1. The molecule has 7 nitrogen and oxygen atoms in total. The molecule has 2 amide bonds. The highest BCUT2D eigenvalue weighted by molar-refractivity contribution is 5.94. The highest BCUT2D eigenvalue weighted by Crippen LogP contribution is 2.29. The summed E-state index contributed by atoms with van der Waals surface area (Å²) in [4.78, 5) is 27.7. The van der Waals surface area contributed by atoms with Crippen LogP contribution in [-0.2, 0) is 0 Å². The van der Waals surface area contributed by atoms with E-state index in [0.29, 0.717) is 18.8 Å². The van der Waals surface area contributed by atoms with E-state index in [1.54, 1.807) is 4.90 Å². The molecule has 27 heavy (non-hydrogen) atoms. The lowest BCUT2D eigenvalue weighted by atomic mass is 9.99. The molecular formula is C20H18N4O3. The zero-order valence-corrected chi connectivity index (χ0v) is 14.5. The topological polar surface area (TPSA) is 91.3 Å². The molecule has 0 spiro atoms. The Kier molecular flexibility index (Phi) is 4.33. The molecule has 2 N–H and O–H groups in total. The van der Waals surface area contributed by atoms with Crippen LogP contribution in [0.1, 0.15) is 12.0 Å². The maximum absolute atomic E-state index is 12.4. The van der Waals surface area contributed by atoms with Crippen molar-refractivity contribution < 1.29 is 9.72 Å². The molecule has 0 saturated heterocycles. The highest BCUT2D eigenvalue weighted by atomic mass is 16.6. The molecule has 0 saturated carbocycles. The van der Waals surface area contributed by atoms with Gasteiger partial charge in [0.15, 0.2) is 0 Å². The number of benzene rings is 2. The van der Waals surface area contributed by atoms with Gasteiger partial charge in [-0.25, -0.2) is 4.79 Å². The van der Waals surface area contributed by atoms with E-state index in [-0.39, 0.29) is 11.7 Å². The first-order valence-corrected chi connectivity index (χ1v) is 8.68. The Morgan fingerprint density at radius 1 is 1.15 bits per heavy atom. The van der Waals surface area contributed by atoms with Crippen molar-refractivity contribution in [1.29, 1.82) is 0 Å². The minimum Gasteiger partial charge on any atom is -0.361 e. The van der Waals surface area contributed by atoms with Crippen LogP contribution in [0.15, 0.2) is 60.8 Å². The van der Waals surface area contributed by atoms with Crippen LogP contribution in [0.5, 0.6) is 0 Å². The Labute approximate surface area is 155 Å². The van der Waals surface area contributed by atoms with Gasteiger partial charge in [-0.2, -0.15) is 0 Å². The minimum atomic E-state index is -0.465. The largest absolute Gasteiger partial charge is 0.361 e. The standard InChI is InChI=1S/C20H18N4O3/c25-20(22-15-5-7-16(8-6-15)24(26)27)23-11-9-14(10-12-23)18-13-21-19-4-2-1-3-17(18)19/h1-9,13,21H,10-12H2,(H,22,25). The fraction of sp³-hybridized carbons (Fsp3) is 0.150. The number of H-pyrrole nitrogens is 1. The second-order valence-corrected chi connectivity index (χ2v) is 6.41. The number of para-hydroxylation sites is 1. The summed E-state index contributed by atoms with van der Waals surface area (Å²) in [6.07, 6.45) is 4.87. The number of fused-ring (bicyclic) bond motifs is 1. The average Bonchev–Trinajstić information content (AvgIpc) is 3.12. The number of nitro groups is 1. The number of hydrogen-bond donors (Lipinski definition) is 2. The summed E-state index contributed by atoms with van der Waals surface area (Å²) in [5.74, 6) is 0. The molecular weight excluding hydrogens is 344 g/mol. The lowest BCUT2D eigenvalue weighted by Crippen LogP contribution is -2.37. The summed E-state index contributed by atoms with van der Waals surface area (Å²) >= 11 is 0. The number of hydrogen-bond acceptors (Lipinski definition) is 3. The predicted octanol–water partition coefficient (Wildman–Crippen LogP) is 4.40. The number of amides is 2. The van der Waals surface area contributed by atoms with E-state index in [1.165, 1.54) is 40.8 Å². The zero-order valence-electron chi connectivity index (χ0n) is 14.5. The van der Waals surface area contributed by atoms with Crippen molar-refractivity contribution >= 4 is 33.9 Å². The van der Waals surface area contributed by atoms with E-state index in [1.807, 2.05) is 24.4 Å². The van der Waals surface area contributed by atoms with Crippen LogP contribution in [0, 0.1) is 10.1 Å². The molecule has 0 bridgehead atoms. The normalized spacial score (nSPS) is 14.1. The van der Waals surface area contributed by atoms with Crippen LogP contribution in [0.2, 0.25) is 0 Å². The van der Waals surface area contributed by atoms with Gasteiger partial charge >= 0.3 is 6.03 Å². The molecule has 0 fully saturated rings. The second-order valence-electron chi connectivity index (χ2n) is 6.41. The third kappa shape index (κ3) is 3.39. The van der Waals surface area contributed by atoms with E-state index in [9.17, 15) is 14.9 Å². The molecule has 0 aliphatic carbocycles. The molecule has 4 rings (SSSR count). The van der Waals surface area contributed by atoms with Gasteiger partial charge in [-0.05, 0) is 30.2 Å². The van der Waals surface area contributed by atoms with Crippen molar-refractivity contribution in [3.63, 3.8) is 0 Å². The second kappa shape index (κ2) is 6.95. The molecule has 2 aromatic carbocycles. The summed E-state index contributed by atoms with van der Waals surface area (Å²) in [7, 11) is 0. The number of aromatic nitrogens is 1. The fourth-order valence-corrected chi connectivity index (χ4v) is 3.30. The van der Waals surface area contributed by atoms with Gasteiger partial charge in [-0.15, -0.1) is 0 Å². The van der Waals surface area contributed by atoms with Crippen LogP contribution in [0.3, 0.4) is 0 Å². The Hall–Kier alpha value is -3.61. The Morgan fingerprint density at radius 2 is 1.93 bits per heavy atom. The number of aromatic amines is 1. The maximum Gasteiger partial charge on any atom is 0.322 e. The Bertz CT molecular complexity index is 1040. The quantitative estimate of drug-likeness (QED) is 0.534.